The molecule has 3 nitrogen and oxygen atoms in total. The summed E-state index contributed by atoms with van der Waals surface area (Å²) in [5, 5.41) is 0. The number of hydrogen-bond donors (Lipinski definition) is 1. The highest BCUT2D eigenvalue weighted by Crippen LogP contribution is 2.20. The van der Waals surface area contributed by atoms with Crippen molar-refractivity contribution in [3.63, 3.8) is 0 Å². The summed E-state index contributed by atoms with van der Waals surface area (Å²) in [6.07, 6.45) is 1.37. The topological polar surface area (TPSA) is 46.3 Å². The highest BCUT2D eigenvalue weighted by Gasteiger charge is 2.29. The zero-order chi connectivity index (χ0) is 13.3. The quantitative estimate of drug-likeness (QED) is 0.832. The summed E-state index contributed by atoms with van der Waals surface area (Å²) in [4.78, 5) is 13.7. The van der Waals surface area contributed by atoms with Crippen molar-refractivity contribution in [2.24, 2.45) is 5.73 Å². The third-order valence-electron chi connectivity index (χ3n) is 3.34. The standard InChI is InChI=1S/C13H16F2N2O/c1-8-6-10(16)4-5-17(8)13(18)11-7-9(14)2-3-12(11)15/h2-3,7-8,10H,4-6,16H2,1H3. The van der Waals surface area contributed by atoms with Crippen LogP contribution in [0.2, 0.25) is 0 Å². The van der Waals surface area contributed by atoms with Crippen molar-refractivity contribution >= 4 is 5.91 Å². The van der Waals surface area contributed by atoms with E-state index in [-0.39, 0.29) is 17.6 Å². The molecule has 0 spiro atoms. The van der Waals surface area contributed by atoms with E-state index in [9.17, 15) is 13.6 Å². The zero-order valence-corrected chi connectivity index (χ0v) is 10.2. The minimum absolute atomic E-state index is 0.0519. The van der Waals surface area contributed by atoms with Crippen molar-refractivity contribution < 1.29 is 13.6 Å². The molecule has 2 unspecified atom stereocenters. The van der Waals surface area contributed by atoms with Gasteiger partial charge in [0.25, 0.3) is 5.91 Å². The van der Waals surface area contributed by atoms with Gasteiger partial charge in [0.05, 0.1) is 5.56 Å². The first kappa shape index (κ1) is 13.0. The minimum Gasteiger partial charge on any atom is -0.336 e. The molecule has 2 rings (SSSR count). The van der Waals surface area contributed by atoms with Crippen LogP contribution in [-0.4, -0.2) is 29.4 Å². The van der Waals surface area contributed by atoms with Gasteiger partial charge in [-0.15, -0.1) is 0 Å². The van der Waals surface area contributed by atoms with Gasteiger partial charge in [-0.05, 0) is 38.0 Å². The first-order valence-electron chi connectivity index (χ1n) is 6.00. The van der Waals surface area contributed by atoms with E-state index in [0.29, 0.717) is 19.4 Å². The zero-order valence-electron chi connectivity index (χ0n) is 10.2. The molecular formula is C13H16F2N2O. The van der Waals surface area contributed by atoms with Gasteiger partial charge in [-0.2, -0.15) is 0 Å². The lowest BCUT2D eigenvalue weighted by molar-refractivity contribution is 0.0613. The molecule has 2 atom stereocenters. The lowest BCUT2D eigenvalue weighted by Gasteiger charge is -2.36. The molecule has 0 bridgehead atoms. The second-order valence-corrected chi connectivity index (χ2v) is 4.76. The number of nitrogens with two attached hydrogens (primary N) is 1. The maximum atomic E-state index is 13.5. The Bertz CT molecular complexity index is 464. The molecule has 5 heteroatoms. The Kier molecular flexibility index (Phi) is 3.61. The first-order valence-corrected chi connectivity index (χ1v) is 6.00. The summed E-state index contributed by atoms with van der Waals surface area (Å²) >= 11 is 0. The van der Waals surface area contributed by atoms with Crippen LogP contribution in [0.1, 0.15) is 30.1 Å². The molecule has 0 saturated carbocycles. The average Bonchev–Trinajstić information content (AvgIpc) is 2.31. The fraction of sp³-hybridized carbons (Fsp3) is 0.462. The number of likely N-dealkylation sites (tertiary alicyclic amines) is 1. The van der Waals surface area contributed by atoms with E-state index in [1.54, 1.807) is 4.90 Å². The van der Waals surface area contributed by atoms with Crippen molar-refractivity contribution in [3.05, 3.63) is 35.4 Å². The molecule has 98 valence electrons. The van der Waals surface area contributed by atoms with Crippen molar-refractivity contribution in [2.45, 2.75) is 31.8 Å². The molecule has 2 N–H and O–H groups in total. The van der Waals surface area contributed by atoms with Crippen molar-refractivity contribution in [1.82, 2.24) is 4.90 Å². The van der Waals surface area contributed by atoms with Gasteiger partial charge in [0, 0.05) is 18.6 Å². The van der Waals surface area contributed by atoms with Gasteiger partial charge in [0.1, 0.15) is 11.6 Å². The molecule has 1 amide bonds. The molecule has 1 aromatic rings. The van der Waals surface area contributed by atoms with Crippen LogP contribution in [0.25, 0.3) is 0 Å². The number of amides is 1. The van der Waals surface area contributed by atoms with Gasteiger partial charge in [-0.25, -0.2) is 8.78 Å². The number of nitrogens with zero attached hydrogens (tertiary/aromatic N) is 1. The predicted octanol–water partition coefficient (Wildman–Crippen LogP) is 1.92. The number of carbonyl (C=O) groups excluding carboxylic acids is 1. The second kappa shape index (κ2) is 5.02. The van der Waals surface area contributed by atoms with Crippen LogP contribution >= 0.6 is 0 Å². The van der Waals surface area contributed by atoms with Gasteiger partial charge < -0.3 is 10.6 Å². The third kappa shape index (κ3) is 2.51. The monoisotopic (exact) mass is 254 g/mol. The van der Waals surface area contributed by atoms with Crippen LogP contribution in [0.4, 0.5) is 8.78 Å². The van der Waals surface area contributed by atoms with E-state index in [1.807, 2.05) is 6.92 Å². The molecule has 1 saturated heterocycles. The van der Waals surface area contributed by atoms with Crippen LogP contribution < -0.4 is 5.73 Å². The smallest absolute Gasteiger partial charge is 0.257 e. The van der Waals surface area contributed by atoms with E-state index in [2.05, 4.69) is 0 Å². The molecular weight excluding hydrogens is 238 g/mol. The average molecular weight is 254 g/mol. The van der Waals surface area contributed by atoms with Crippen LogP contribution in [-0.2, 0) is 0 Å². The predicted molar refractivity (Wildman–Crippen MR) is 64.1 cm³/mol. The minimum atomic E-state index is -0.691. The van der Waals surface area contributed by atoms with Crippen LogP contribution in [0, 0.1) is 11.6 Å². The van der Waals surface area contributed by atoms with E-state index in [0.717, 1.165) is 18.2 Å². The summed E-state index contributed by atoms with van der Waals surface area (Å²) in [5.41, 5.74) is 5.60. The van der Waals surface area contributed by atoms with Gasteiger partial charge in [-0.1, -0.05) is 0 Å². The molecule has 18 heavy (non-hydrogen) atoms. The molecule has 1 aliphatic rings. The van der Waals surface area contributed by atoms with E-state index < -0.39 is 17.5 Å². The second-order valence-electron chi connectivity index (χ2n) is 4.76. The number of hydrogen-bond acceptors (Lipinski definition) is 2. The lowest BCUT2D eigenvalue weighted by Crippen LogP contribution is -2.48. The first-order chi connectivity index (χ1) is 8.49. The lowest BCUT2D eigenvalue weighted by atomic mass is 9.98. The maximum absolute atomic E-state index is 13.5. The van der Waals surface area contributed by atoms with E-state index in [1.165, 1.54) is 0 Å². The Hall–Kier alpha value is -1.49. The SMILES string of the molecule is CC1CC(N)CCN1C(=O)c1cc(F)ccc1F. The van der Waals surface area contributed by atoms with Gasteiger partial charge in [-0.3, -0.25) is 4.79 Å². The largest absolute Gasteiger partial charge is 0.336 e. The number of piperidine rings is 1. The third-order valence-corrected chi connectivity index (χ3v) is 3.34. The Labute approximate surface area is 105 Å². The van der Waals surface area contributed by atoms with Crippen LogP contribution in [0.15, 0.2) is 18.2 Å². The summed E-state index contributed by atoms with van der Waals surface area (Å²) < 4.78 is 26.6. The molecule has 1 aliphatic heterocycles. The summed E-state index contributed by atoms with van der Waals surface area (Å²) in [5.74, 6) is -1.77. The summed E-state index contributed by atoms with van der Waals surface area (Å²) in [6, 6.07) is 2.94. The highest BCUT2D eigenvalue weighted by molar-refractivity contribution is 5.94. The Morgan fingerprint density at radius 1 is 1.44 bits per heavy atom. The number of rotatable bonds is 1. The number of halogens is 2. The van der Waals surface area contributed by atoms with Crippen molar-refractivity contribution in [2.75, 3.05) is 6.54 Å². The van der Waals surface area contributed by atoms with Crippen LogP contribution in [0.3, 0.4) is 0 Å². The molecule has 0 aliphatic carbocycles. The Morgan fingerprint density at radius 3 is 2.83 bits per heavy atom. The number of carbonyl (C=O) groups is 1. The summed E-state index contributed by atoms with van der Waals surface area (Å²) in [6.45, 7) is 2.35. The van der Waals surface area contributed by atoms with Gasteiger partial charge in [0.15, 0.2) is 0 Å². The molecule has 1 heterocycles. The highest BCUT2D eigenvalue weighted by atomic mass is 19.1. The van der Waals surface area contributed by atoms with E-state index >= 15 is 0 Å². The summed E-state index contributed by atoms with van der Waals surface area (Å²) in [7, 11) is 0. The Morgan fingerprint density at radius 2 is 2.17 bits per heavy atom. The molecule has 0 radical (unpaired) electrons. The van der Waals surface area contributed by atoms with Crippen LogP contribution in [0.5, 0.6) is 0 Å². The molecule has 0 aromatic heterocycles. The Balaban J connectivity index is 2.23. The fourth-order valence-electron chi connectivity index (χ4n) is 2.33. The van der Waals surface area contributed by atoms with E-state index in [4.69, 9.17) is 5.73 Å². The van der Waals surface area contributed by atoms with Gasteiger partial charge >= 0.3 is 0 Å². The fourth-order valence-corrected chi connectivity index (χ4v) is 2.33. The number of benzene rings is 1. The molecule has 1 fully saturated rings. The normalized spacial score (nSPS) is 24.1. The van der Waals surface area contributed by atoms with Crippen molar-refractivity contribution in [3.8, 4) is 0 Å². The van der Waals surface area contributed by atoms with Crippen molar-refractivity contribution in [1.29, 1.82) is 0 Å². The maximum Gasteiger partial charge on any atom is 0.257 e. The molecule has 1 aromatic carbocycles. The van der Waals surface area contributed by atoms with Gasteiger partial charge in [0.2, 0.25) is 0 Å².